The van der Waals surface area contributed by atoms with Crippen LogP contribution in [-0.2, 0) is 6.54 Å². The van der Waals surface area contributed by atoms with E-state index in [2.05, 4.69) is 48.3 Å². The van der Waals surface area contributed by atoms with Crippen LogP contribution in [0.2, 0.25) is 0 Å². The first kappa shape index (κ1) is 12.3. The Labute approximate surface area is 116 Å². The Kier molecular flexibility index (Phi) is 3.09. The van der Waals surface area contributed by atoms with Gasteiger partial charge in [-0.05, 0) is 30.7 Å². The maximum absolute atomic E-state index is 5.72. The van der Waals surface area contributed by atoms with Crippen molar-refractivity contribution in [1.29, 1.82) is 0 Å². The number of aryl methyl sites for hydroxylation is 2. The molecule has 96 valence electrons. The van der Waals surface area contributed by atoms with E-state index in [4.69, 9.17) is 5.73 Å². The summed E-state index contributed by atoms with van der Waals surface area (Å²) in [5.41, 5.74) is 9.23. The zero-order valence-corrected chi connectivity index (χ0v) is 11.9. The van der Waals surface area contributed by atoms with Crippen LogP contribution < -0.4 is 5.73 Å². The zero-order chi connectivity index (χ0) is 13.4. The molecule has 2 nitrogen and oxygen atoms in total. The second kappa shape index (κ2) is 4.76. The third-order valence-corrected chi connectivity index (χ3v) is 4.55. The molecule has 1 heterocycles. The lowest BCUT2D eigenvalue weighted by atomic mass is 10.1. The van der Waals surface area contributed by atoms with Gasteiger partial charge in [-0.2, -0.15) is 0 Å². The maximum atomic E-state index is 5.72. The van der Waals surface area contributed by atoms with E-state index in [0.29, 0.717) is 6.54 Å². The predicted molar refractivity (Wildman–Crippen MR) is 82.4 cm³/mol. The lowest BCUT2D eigenvalue weighted by Crippen LogP contribution is -1.94. The summed E-state index contributed by atoms with van der Waals surface area (Å²) in [7, 11) is 0. The van der Waals surface area contributed by atoms with Crippen molar-refractivity contribution in [1.82, 2.24) is 4.98 Å². The Morgan fingerprint density at radius 1 is 1.05 bits per heavy atom. The maximum Gasteiger partial charge on any atom is 0.123 e. The first-order valence-electron chi connectivity index (χ1n) is 6.34. The molecule has 0 saturated heterocycles. The molecule has 0 fully saturated rings. The number of hydrogen-bond acceptors (Lipinski definition) is 3. The van der Waals surface area contributed by atoms with Crippen LogP contribution in [0.25, 0.3) is 21.3 Å². The van der Waals surface area contributed by atoms with Gasteiger partial charge in [0.15, 0.2) is 0 Å². The van der Waals surface area contributed by atoms with Gasteiger partial charge in [-0.3, -0.25) is 0 Å². The molecule has 0 atom stereocenters. The minimum absolute atomic E-state index is 0.566. The van der Waals surface area contributed by atoms with Gasteiger partial charge in [0.1, 0.15) is 5.01 Å². The average Bonchev–Trinajstić information content (AvgIpc) is 2.79. The Morgan fingerprint density at radius 3 is 2.53 bits per heavy atom. The van der Waals surface area contributed by atoms with E-state index in [-0.39, 0.29) is 0 Å². The number of aromatic nitrogens is 1. The first-order chi connectivity index (χ1) is 9.17. The molecule has 0 spiro atoms. The second-order valence-corrected chi connectivity index (χ2v) is 5.88. The average molecular weight is 268 g/mol. The lowest BCUT2D eigenvalue weighted by molar-refractivity contribution is 1.06. The molecule has 3 rings (SSSR count). The molecule has 0 unspecified atom stereocenters. The number of rotatable bonds is 2. The Morgan fingerprint density at radius 2 is 1.79 bits per heavy atom. The topological polar surface area (TPSA) is 38.9 Å². The van der Waals surface area contributed by atoms with Gasteiger partial charge in [-0.25, -0.2) is 4.98 Å². The minimum Gasteiger partial charge on any atom is -0.326 e. The third kappa shape index (κ3) is 2.27. The smallest absolute Gasteiger partial charge is 0.123 e. The van der Waals surface area contributed by atoms with Crippen LogP contribution in [0.3, 0.4) is 0 Å². The summed E-state index contributed by atoms with van der Waals surface area (Å²) < 4.78 is 0. The van der Waals surface area contributed by atoms with Crippen molar-refractivity contribution in [2.75, 3.05) is 0 Å². The fraction of sp³-hybridized carbons (Fsp3) is 0.188. The standard InChI is InChI=1S/C16H16N2S/c1-10-3-4-13-8-14(6-5-12(13)7-10)16-18-11(2)15(9-17)19-16/h3-8H,9,17H2,1-2H3. The van der Waals surface area contributed by atoms with Gasteiger partial charge in [0.05, 0.1) is 5.69 Å². The van der Waals surface area contributed by atoms with Crippen LogP contribution in [0.15, 0.2) is 36.4 Å². The van der Waals surface area contributed by atoms with Crippen molar-refractivity contribution >= 4 is 22.1 Å². The van der Waals surface area contributed by atoms with E-state index < -0.39 is 0 Å². The highest BCUT2D eigenvalue weighted by Gasteiger charge is 2.08. The van der Waals surface area contributed by atoms with Crippen molar-refractivity contribution in [2.45, 2.75) is 20.4 Å². The fourth-order valence-corrected chi connectivity index (χ4v) is 3.18. The number of nitrogens with two attached hydrogens (primary N) is 1. The predicted octanol–water partition coefficient (Wildman–Crippen LogP) is 4.04. The molecule has 1 aromatic heterocycles. The van der Waals surface area contributed by atoms with Crippen molar-refractivity contribution in [3.05, 3.63) is 52.5 Å². The van der Waals surface area contributed by atoms with Crippen molar-refractivity contribution in [2.24, 2.45) is 5.73 Å². The Bertz CT molecular complexity index is 744. The van der Waals surface area contributed by atoms with Crippen LogP contribution in [0.1, 0.15) is 16.1 Å². The van der Waals surface area contributed by atoms with Gasteiger partial charge in [0, 0.05) is 17.0 Å². The molecular formula is C16H16N2S. The van der Waals surface area contributed by atoms with E-state index in [9.17, 15) is 0 Å². The van der Waals surface area contributed by atoms with Crippen LogP contribution in [0.5, 0.6) is 0 Å². The molecule has 3 heteroatoms. The molecule has 2 N–H and O–H groups in total. The van der Waals surface area contributed by atoms with Gasteiger partial charge in [0.2, 0.25) is 0 Å². The molecule has 0 aliphatic heterocycles. The second-order valence-electron chi connectivity index (χ2n) is 4.80. The van der Waals surface area contributed by atoms with E-state index in [1.165, 1.54) is 26.8 Å². The molecular weight excluding hydrogens is 252 g/mol. The molecule has 0 saturated carbocycles. The van der Waals surface area contributed by atoms with E-state index in [1.54, 1.807) is 11.3 Å². The van der Waals surface area contributed by atoms with Gasteiger partial charge < -0.3 is 5.73 Å². The Hall–Kier alpha value is -1.71. The third-order valence-electron chi connectivity index (χ3n) is 3.32. The molecule has 3 aromatic rings. The largest absolute Gasteiger partial charge is 0.326 e. The molecule has 0 aliphatic carbocycles. The van der Waals surface area contributed by atoms with Gasteiger partial charge >= 0.3 is 0 Å². The first-order valence-corrected chi connectivity index (χ1v) is 7.16. The van der Waals surface area contributed by atoms with Crippen LogP contribution >= 0.6 is 11.3 Å². The summed E-state index contributed by atoms with van der Waals surface area (Å²) in [5.74, 6) is 0. The number of thiazole rings is 1. The van der Waals surface area contributed by atoms with Crippen LogP contribution in [0, 0.1) is 13.8 Å². The Balaban J connectivity index is 2.11. The minimum atomic E-state index is 0.566. The molecule has 0 aliphatic rings. The SMILES string of the molecule is Cc1ccc2cc(-c3nc(C)c(CN)s3)ccc2c1. The summed E-state index contributed by atoms with van der Waals surface area (Å²) in [4.78, 5) is 5.78. The van der Waals surface area contributed by atoms with Crippen LogP contribution in [-0.4, -0.2) is 4.98 Å². The summed E-state index contributed by atoms with van der Waals surface area (Å²) in [6.45, 7) is 4.70. The molecule has 19 heavy (non-hydrogen) atoms. The molecule has 0 bridgehead atoms. The number of hydrogen-bond donors (Lipinski definition) is 1. The van der Waals surface area contributed by atoms with Gasteiger partial charge in [0.25, 0.3) is 0 Å². The van der Waals surface area contributed by atoms with Gasteiger partial charge in [-0.15, -0.1) is 11.3 Å². The summed E-state index contributed by atoms with van der Waals surface area (Å²) >= 11 is 1.69. The quantitative estimate of drug-likeness (QED) is 0.762. The highest BCUT2D eigenvalue weighted by Crippen LogP contribution is 2.30. The number of benzene rings is 2. The summed E-state index contributed by atoms with van der Waals surface area (Å²) in [5, 5.41) is 3.58. The van der Waals surface area contributed by atoms with Crippen molar-refractivity contribution < 1.29 is 0 Å². The normalized spacial score (nSPS) is 11.1. The summed E-state index contributed by atoms with van der Waals surface area (Å²) in [6, 6.07) is 13.0. The highest BCUT2D eigenvalue weighted by molar-refractivity contribution is 7.15. The van der Waals surface area contributed by atoms with E-state index in [0.717, 1.165) is 10.7 Å². The van der Waals surface area contributed by atoms with Gasteiger partial charge in [-0.1, -0.05) is 35.9 Å². The number of nitrogens with zero attached hydrogens (tertiary/aromatic N) is 1. The van der Waals surface area contributed by atoms with E-state index >= 15 is 0 Å². The summed E-state index contributed by atoms with van der Waals surface area (Å²) in [6.07, 6.45) is 0. The van der Waals surface area contributed by atoms with Crippen molar-refractivity contribution in [3.8, 4) is 10.6 Å². The van der Waals surface area contributed by atoms with Crippen LogP contribution in [0.4, 0.5) is 0 Å². The monoisotopic (exact) mass is 268 g/mol. The lowest BCUT2D eigenvalue weighted by Gasteiger charge is -2.02. The van der Waals surface area contributed by atoms with E-state index in [1.807, 2.05) is 6.92 Å². The molecule has 0 radical (unpaired) electrons. The highest BCUT2D eigenvalue weighted by atomic mass is 32.1. The fourth-order valence-electron chi connectivity index (χ4n) is 2.24. The van der Waals surface area contributed by atoms with Crippen molar-refractivity contribution in [3.63, 3.8) is 0 Å². The molecule has 0 amide bonds. The zero-order valence-electron chi connectivity index (χ0n) is 11.1. The number of fused-ring (bicyclic) bond motifs is 1. The molecule has 2 aromatic carbocycles.